The summed E-state index contributed by atoms with van der Waals surface area (Å²) in [4.78, 5) is 11.1. The third-order valence-corrected chi connectivity index (χ3v) is 2.45. The van der Waals surface area contributed by atoms with E-state index in [1.165, 1.54) is 0 Å². The largest absolute Gasteiger partial charge is 0.475 e. The van der Waals surface area contributed by atoms with Crippen LogP contribution in [-0.4, -0.2) is 17.2 Å². The molecule has 0 unspecified atom stereocenters. The monoisotopic (exact) mass is 234 g/mol. The molecule has 1 aromatic heterocycles. The Morgan fingerprint density at radius 1 is 1.41 bits per heavy atom. The van der Waals surface area contributed by atoms with Crippen LogP contribution in [0.1, 0.15) is 30.0 Å². The average Bonchev–Trinajstić information content (AvgIpc) is 2.65. The van der Waals surface area contributed by atoms with Gasteiger partial charge < -0.3 is 14.3 Å². The zero-order chi connectivity index (χ0) is 12.4. The number of furan rings is 1. The van der Waals surface area contributed by atoms with Gasteiger partial charge in [0.2, 0.25) is 5.76 Å². The number of benzene rings is 1. The molecule has 0 amide bonds. The van der Waals surface area contributed by atoms with E-state index in [1.807, 2.05) is 32.0 Å². The van der Waals surface area contributed by atoms with Gasteiger partial charge in [-0.1, -0.05) is 18.2 Å². The van der Waals surface area contributed by atoms with Crippen molar-refractivity contribution in [2.75, 3.05) is 0 Å². The van der Waals surface area contributed by atoms with E-state index in [0.29, 0.717) is 11.1 Å². The first kappa shape index (κ1) is 11.7. The highest BCUT2D eigenvalue weighted by molar-refractivity contribution is 5.94. The maximum Gasteiger partial charge on any atom is 0.372 e. The van der Waals surface area contributed by atoms with E-state index in [2.05, 4.69) is 0 Å². The Morgan fingerprint density at radius 3 is 2.76 bits per heavy atom. The standard InChI is InChI=1S/C13H14O4/c1-8(2)16-7-10-9-5-3-4-6-11(9)17-12(10)13(14)15/h3-6,8H,7H2,1-2H3,(H,14,15). The van der Waals surface area contributed by atoms with Crippen LogP contribution in [-0.2, 0) is 11.3 Å². The number of carboxylic acid groups (broad SMARTS) is 1. The first-order valence-corrected chi connectivity index (χ1v) is 5.45. The van der Waals surface area contributed by atoms with Gasteiger partial charge >= 0.3 is 5.97 Å². The van der Waals surface area contributed by atoms with E-state index in [0.717, 1.165) is 5.39 Å². The predicted molar refractivity (Wildman–Crippen MR) is 63.1 cm³/mol. The molecule has 0 atom stereocenters. The molecule has 1 aromatic carbocycles. The Kier molecular flexibility index (Phi) is 3.15. The summed E-state index contributed by atoms with van der Waals surface area (Å²) in [6.45, 7) is 4.06. The van der Waals surface area contributed by atoms with E-state index in [-0.39, 0.29) is 18.5 Å². The molecular formula is C13H14O4. The molecule has 2 rings (SSSR count). The van der Waals surface area contributed by atoms with Crippen LogP contribution in [0.3, 0.4) is 0 Å². The van der Waals surface area contributed by atoms with Crippen molar-refractivity contribution in [3.8, 4) is 0 Å². The topological polar surface area (TPSA) is 59.7 Å². The second kappa shape index (κ2) is 4.59. The number of carbonyl (C=O) groups is 1. The molecule has 2 aromatic rings. The minimum Gasteiger partial charge on any atom is -0.475 e. The summed E-state index contributed by atoms with van der Waals surface area (Å²) in [7, 11) is 0. The van der Waals surface area contributed by atoms with E-state index in [4.69, 9.17) is 14.3 Å². The van der Waals surface area contributed by atoms with Crippen LogP contribution in [0.15, 0.2) is 28.7 Å². The van der Waals surface area contributed by atoms with Crippen molar-refractivity contribution in [3.63, 3.8) is 0 Å². The highest BCUT2D eigenvalue weighted by Gasteiger charge is 2.19. The van der Waals surface area contributed by atoms with Crippen LogP contribution in [0, 0.1) is 0 Å². The maximum atomic E-state index is 11.1. The lowest BCUT2D eigenvalue weighted by Gasteiger charge is -2.06. The summed E-state index contributed by atoms with van der Waals surface area (Å²) in [6.07, 6.45) is 0.0466. The van der Waals surface area contributed by atoms with Crippen LogP contribution >= 0.6 is 0 Å². The van der Waals surface area contributed by atoms with Gasteiger partial charge in [0.1, 0.15) is 5.58 Å². The molecule has 4 nitrogen and oxygen atoms in total. The molecule has 0 bridgehead atoms. The van der Waals surface area contributed by atoms with E-state index >= 15 is 0 Å². The first-order chi connectivity index (χ1) is 8.09. The molecule has 90 valence electrons. The van der Waals surface area contributed by atoms with Gasteiger partial charge in [-0.3, -0.25) is 0 Å². The summed E-state index contributed by atoms with van der Waals surface area (Å²) in [5, 5.41) is 9.88. The molecular weight excluding hydrogens is 220 g/mol. The predicted octanol–water partition coefficient (Wildman–Crippen LogP) is 3.06. The zero-order valence-corrected chi connectivity index (χ0v) is 9.77. The van der Waals surface area contributed by atoms with Crippen LogP contribution in [0.2, 0.25) is 0 Å². The van der Waals surface area contributed by atoms with Crippen LogP contribution in [0.5, 0.6) is 0 Å². The van der Waals surface area contributed by atoms with Gasteiger partial charge in [0.15, 0.2) is 0 Å². The summed E-state index contributed by atoms with van der Waals surface area (Å²) in [6, 6.07) is 7.25. The molecule has 0 aliphatic carbocycles. The number of hydrogen-bond acceptors (Lipinski definition) is 3. The average molecular weight is 234 g/mol. The number of fused-ring (bicyclic) bond motifs is 1. The summed E-state index contributed by atoms with van der Waals surface area (Å²) >= 11 is 0. The SMILES string of the molecule is CC(C)OCc1c(C(=O)O)oc2ccccc12. The minimum atomic E-state index is -1.07. The molecule has 0 saturated heterocycles. The number of carboxylic acids is 1. The summed E-state index contributed by atoms with van der Waals surface area (Å²) in [5.41, 5.74) is 1.18. The van der Waals surface area contributed by atoms with Crippen molar-refractivity contribution in [1.29, 1.82) is 0 Å². The third kappa shape index (κ3) is 2.31. The Labute approximate surface area is 98.8 Å². The van der Waals surface area contributed by atoms with Crippen molar-refractivity contribution < 1.29 is 19.1 Å². The number of hydrogen-bond donors (Lipinski definition) is 1. The molecule has 4 heteroatoms. The van der Waals surface area contributed by atoms with Gasteiger partial charge in [-0.15, -0.1) is 0 Å². The lowest BCUT2D eigenvalue weighted by molar-refractivity contribution is 0.0584. The molecule has 0 fully saturated rings. The Bertz CT molecular complexity index is 539. The lowest BCUT2D eigenvalue weighted by Crippen LogP contribution is -2.05. The fraction of sp³-hybridized carbons (Fsp3) is 0.308. The summed E-state index contributed by atoms with van der Waals surface area (Å²) in [5.74, 6) is -1.10. The number of rotatable bonds is 4. The van der Waals surface area contributed by atoms with Gasteiger partial charge in [0, 0.05) is 10.9 Å². The highest BCUT2D eigenvalue weighted by Crippen LogP contribution is 2.26. The van der Waals surface area contributed by atoms with Crippen LogP contribution in [0.4, 0.5) is 0 Å². The van der Waals surface area contributed by atoms with Gasteiger partial charge in [-0.2, -0.15) is 0 Å². The van der Waals surface area contributed by atoms with Crippen LogP contribution < -0.4 is 0 Å². The summed E-state index contributed by atoms with van der Waals surface area (Å²) < 4.78 is 10.8. The van der Waals surface area contributed by atoms with Gasteiger partial charge in [0.05, 0.1) is 12.7 Å². The molecule has 0 saturated carbocycles. The Balaban J connectivity index is 2.48. The number of para-hydroxylation sites is 1. The molecule has 0 radical (unpaired) electrons. The maximum absolute atomic E-state index is 11.1. The normalized spacial score (nSPS) is 11.2. The second-order valence-corrected chi connectivity index (χ2v) is 4.07. The minimum absolute atomic E-state index is 0.0353. The van der Waals surface area contributed by atoms with Crippen molar-refractivity contribution in [3.05, 3.63) is 35.6 Å². The van der Waals surface area contributed by atoms with E-state index < -0.39 is 5.97 Å². The van der Waals surface area contributed by atoms with Crippen molar-refractivity contribution in [2.24, 2.45) is 0 Å². The van der Waals surface area contributed by atoms with E-state index in [1.54, 1.807) is 6.07 Å². The molecule has 1 heterocycles. The highest BCUT2D eigenvalue weighted by atomic mass is 16.5. The van der Waals surface area contributed by atoms with Crippen molar-refractivity contribution >= 4 is 16.9 Å². The van der Waals surface area contributed by atoms with Crippen molar-refractivity contribution in [1.82, 2.24) is 0 Å². The fourth-order valence-electron chi connectivity index (χ4n) is 1.66. The number of ether oxygens (including phenoxy) is 1. The molecule has 0 spiro atoms. The zero-order valence-electron chi connectivity index (χ0n) is 9.77. The van der Waals surface area contributed by atoms with E-state index in [9.17, 15) is 4.79 Å². The fourth-order valence-corrected chi connectivity index (χ4v) is 1.66. The quantitative estimate of drug-likeness (QED) is 0.883. The van der Waals surface area contributed by atoms with Crippen LogP contribution in [0.25, 0.3) is 11.0 Å². The molecule has 17 heavy (non-hydrogen) atoms. The van der Waals surface area contributed by atoms with Gasteiger partial charge in [-0.25, -0.2) is 4.79 Å². The number of aromatic carboxylic acids is 1. The Morgan fingerprint density at radius 2 is 2.12 bits per heavy atom. The van der Waals surface area contributed by atoms with Gasteiger partial charge in [0.25, 0.3) is 0 Å². The second-order valence-electron chi connectivity index (χ2n) is 4.07. The molecule has 0 aliphatic heterocycles. The first-order valence-electron chi connectivity index (χ1n) is 5.45. The van der Waals surface area contributed by atoms with Crippen molar-refractivity contribution in [2.45, 2.75) is 26.6 Å². The van der Waals surface area contributed by atoms with Gasteiger partial charge in [-0.05, 0) is 19.9 Å². The third-order valence-electron chi connectivity index (χ3n) is 2.45. The Hall–Kier alpha value is -1.81. The smallest absolute Gasteiger partial charge is 0.372 e. The lowest BCUT2D eigenvalue weighted by atomic mass is 10.1. The molecule has 1 N–H and O–H groups in total. The molecule has 0 aliphatic rings.